The molecule has 3 nitrogen and oxygen atoms in total. The van der Waals surface area contributed by atoms with Gasteiger partial charge in [0.2, 0.25) is 0 Å². The number of carboxylic acids is 1. The SMILES string of the molecule is O=C(O)CC1C[C@@H]2CC(=O)C[C@H]2C1. The van der Waals surface area contributed by atoms with Gasteiger partial charge in [-0.15, -0.1) is 0 Å². The summed E-state index contributed by atoms with van der Waals surface area (Å²) >= 11 is 0. The molecule has 0 aromatic heterocycles. The largest absolute Gasteiger partial charge is 0.481 e. The third-order valence-corrected chi connectivity index (χ3v) is 3.38. The Morgan fingerprint density at radius 1 is 1.31 bits per heavy atom. The van der Waals surface area contributed by atoms with Gasteiger partial charge in [0.1, 0.15) is 5.78 Å². The fourth-order valence-electron chi connectivity index (χ4n) is 2.92. The molecular weight excluding hydrogens is 168 g/mol. The number of hydrogen-bond donors (Lipinski definition) is 1. The average molecular weight is 182 g/mol. The number of Topliss-reactive ketones (excluding diaryl/α,β-unsaturated/α-hetero) is 1. The van der Waals surface area contributed by atoms with Crippen molar-refractivity contribution in [2.75, 3.05) is 0 Å². The quantitative estimate of drug-likeness (QED) is 0.703. The Hall–Kier alpha value is -0.860. The van der Waals surface area contributed by atoms with Crippen LogP contribution in [-0.4, -0.2) is 16.9 Å². The first kappa shape index (κ1) is 8.73. The zero-order valence-electron chi connectivity index (χ0n) is 7.53. The number of carbonyl (C=O) groups is 2. The lowest BCUT2D eigenvalue weighted by Crippen LogP contribution is -2.06. The molecule has 3 heteroatoms. The monoisotopic (exact) mass is 182 g/mol. The standard InChI is InChI=1S/C10H14O3/c11-9-4-7-1-6(3-10(12)13)2-8(7)5-9/h6-8H,1-5H2,(H,12,13)/t7-,8-/m1/s1. The number of hydrogen-bond acceptors (Lipinski definition) is 2. The lowest BCUT2D eigenvalue weighted by atomic mass is 10.00. The van der Waals surface area contributed by atoms with Crippen LogP contribution >= 0.6 is 0 Å². The van der Waals surface area contributed by atoms with Crippen LogP contribution in [-0.2, 0) is 9.59 Å². The molecule has 0 heterocycles. The van der Waals surface area contributed by atoms with Gasteiger partial charge in [0, 0.05) is 19.3 Å². The molecule has 13 heavy (non-hydrogen) atoms. The summed E-state index contributed by atoms with van der Waals surface area (Å²) in [6.45, 7) is 0. The second-order valence-electron chi connectivity index (χ2n) is 4.40. The van der Waals surface area contributed by atoms with Crippen molar-refractivity contribution in [1.29, 1.82) is 0 Å². The van der Waals surface area contributed by atoms with Crippen molar-refractivity contribution in [2.45, 2.75) is 32.1 Å². The Morgan fingerprint density at radius 2 is 1.85 bits per heavy atom. The van der Waals surface area contributed by atoms with Crippen molar-refractivity contribution in [3.8, 4) is 0 Å². The molecule has 0 amide bonds. The fraction of sp³-hybridized carbons (Fsp3) is 0.800. The van der Waals surface area contributed by atoms with Crippen LogP contribution in [0.15, 0.2) is 0 Å². The van der Waals surface area contributed by atoms with Crippen molar-refractivity contribution >= 4 is 11.8 Å². The van der Waals surface area contributed by atoms with Crippen molar-refractivity contribution in [3.63, 3.8) is 0 Å². The first-order valence-corrected chi connectivity index (χ1v) is 4.88. The van der Waals surface area contributed by atoms with Crippen LogP contribution in [0.5, 0.6) is 0 Å². The zero-order chi connectivity index (χ0) is 9.42. The predicted octanol–water partition coefficient (Wildman–Crippen LogP) is 1.47. The van der Waals surface area contributed by atoms with Crippen LogP contribution in [0.25, 0.3) is 0 Å². The van der Waals surface area contributed by atoms with Crippen molar-refractivity contribution in [2.24, 2.45) is 17.8 Å². The molecule has 0 saturated heterocycles. The van der Waals surface area contributed by atoms with Gasteiger partial charge < -0.3 is 5.11 Å². The second-order valence-corrected chi connectivity index (χ2v) is 4.40. The minimum absolute atomic E-state index is 0.293. The maximum Gasteiger partial charge on any atom is 0.303 e. The average Bonchev–Trinajstić information content (AvgIpc) is 2.41. The Labute approximate surface area is 77.1 Å². The van der Waals surface area contributed by atoms with E-state index in [2.05, 4.69) is 0 Å². The highest BCUT2D eigenvalue weighted by Gasteiger charge is 2.41. The van der Waals surface area contributed by atoms with Crippen LogP contribution in [0, 0.1) is 17.8 Å². The molecule has 0 aliphatic heterocycles. The van der Waals surface area contributed by atoms with E-state index in [0.29, 0.717) is 42.8 Å². The molecule has 0 aromatic carbocycles. The molecule has 1 N–H and O–H groups in total. The van der Waals surface area contributed by atoms with Crippen LogP contribution < -0.4 is 0 Å². The van der Waals surface area contributed by atoms with Gasteiger partial charge in [0.25, 0.3) is 0 Å². The van der Waals surface area contributed by atoms with Gasteiger partial charge in [-0.1, -0.05) is 0 Å². The zero-order valence-corrected chi connectivity index (χ0v) is 7.53. The summed E-state index contributed by atoms with van der Waals surface area (Å²) in [5.41, 5.74) is 0. The van der Waals surface area contributed by atoms with Gasteiger partial charge in [-0.25, -0.2) is 0 Å². The van der Waals surface area contributed by atoms with Crippen LogP contribution in [0.1, 0.15) is 32.1 Å². The maximum atomic E-state index is 11.1. The molecule has 72 valence electrons. The molecule has 0 radical (unpaired) electrons. The number of ketones is 1. The Kier molecular flexibility index (Phi) is 2.10. The van der Waals surface area contributed by atoms with E-state index in [9.17, 15) is 9.59 Å². The number of fused-ring (bicyclic) bond motifs is 1. The Balaban J connectivity index is 1.90. The lowest BCUT2D eigenvalue weighted by Gasteiger charge is -2.05. The lowest BCUT2D eigenvalue weighted by molar-refractivity contribution is -0.138. The number of aliphatic carboxylic acids is 1. The second kappa shape index (κ2) is 3.13. The summed E-state index contributed by atoms with van der Waals surface area (Å²) in [6.07, 6.45) is 3.63. The minimum atomic E-state index is -0.698. The van der Waals surface area contributed by atoms with Gasteiger partial charge in [-0.05, 0) is 30.6 Å². The number of carbonyl (C=O) groups excluding carboxylic acids is 1. The predicted molar refractivity (Wildman–Crippen MR) is 46.2 cm³/mol. The smallest absolute Gasteiger partial charge is 0.303 e. The van der Waals surface area contributed by atoms with E-state index in [4.69, 9.17) is 5.11 Å². The number of carboxylic acid groups (broad SMARTS) is 1. The van der Waals surface area contributed by atoms with Crippen molar-refractivity contribution < 1.29 is 14.7 Å². The topological polar surface area (TPSA) is 54.4 Å². The van der Waals surface area contributed by atoms with Crippen LogP contribution in [0.4, 0.5) is 0 Å². The van der Waals surface area contributed by atoms with Crippen molar-refractivity contribution in [1.82, 2.24) is 0 Å². The van der Waals surface area contributed by atoms with E-state index in [0.717, 1.165) is 12.8 Å². The van der Waals surface area contributed by atoms with Gasteiger partial charge >= 0.3 is 5.97 Å². The summed E-state index contributed by atoms with van der Waals surface area (Å²) < 4.78 is 0. The summed E-state index contributed by atoms with van der Waals surface area (Å²) in [5.74, 6) is 1.04. The Bertz CT molecular complexity index is 231. The van der Waals surface area contributed by atoms with Gasteiger partial charge in [0.05, 0.1) is 0 Å². The normalized spacial score (nSPS) is 33.7. The summed E-state index contributed by atoms with van der Waals surface area (Å²) in [4.78, 5) is 21.5. The van der Waals surface area contributed by atoms with Gasteiger partial charge in [0.15, 0.2) is 0 Å². The van der Waals surface area contributed by atoms with Crippen LogP contribution in [0.2, 0.25) is 0 Å². The van der Waals surface area contributed by atoms with E-state index >= 15 is 0 Å². The number of rotatable bonds is 2. The third kappa shape index (κ3) is 1.74. The molecule has 2 aliphatic carbocycles. The van der Waals surface area contributed by atoms with E-state index < -0.39 is 5.97 Å². The molecule has 0 bridgehead atoms. The highest BCUT2D eigenvalue weighted by Crippen LogP contribution is 2.46. The van der Waals surface area contributed by atoms with E-state index in [1.165, 1.54) is 0 Å². The molecule has 2 rings (SSSR count). The minimum Gasteiger partial charge on any atom is -0.481 e. The highest BCUT2D eigenvalue weighted by atomic mass is 16.4. The summed E-state index contributed by atoms with van der Waals surface area (Å²) in [6, 6.07) is 0. The third-order valence-electron chi connectivity index (χ3n) is 3.38. The first-order chi connectivity index (χ1) is 6.15. The molecule has 2 atom stereocenters. The van der Waals surface area contributed by atoms with Gasteiger partial charge in [-0.3, -0.25) is 9.59 Å². The Morgan fingerprint density at radius 3 is 2.31 bits per heavy atom. The van der Waals surface area contributed by atoms with Gasteiger partial charge in [-0.2, -0.15) is 0 Å². The fourth-order valence-corrected chi connectivity index (χ4v) is 2.92. The summed E-state index contributed by atoms with van der Waals surface area (Å²) in [7, 11) is 0. The molecule has 0 unspecified atom stereocenters. The molecule has 2 aliphatic rings. The summed E-state index contributed by atoms with van der Waals surface area (Å²) in [5, 5.41) is 8.62. The molecular formula is C10H14O3. The molecule has 2 saturated carbocycles. The van der Waals surface area contributed by atoms with E-state index in [1.54, 1.807) is 0 Å². The molecule has 0 spiro atoms. The molecule has 2 fully saturated rings. The van der Waals surface area contributed by atoms with Crippen molar-refractivity contribution in [3.05, 3.63) is 0 Å². The van der Waals surface area contributed by atoms with E-state index in [1.807, 2.05) is 0 Å². The highest BCUT2D eigenvalue weighted by molar-refractivity contribution is 5.81. The maximum absolute atomic E-state index is 11.1. The van der Waals surface area contributed by atoms with Crippen LogP contribution in [0.3, 0.4) is 0 Å². The first-order valence-electron chi connectivity index (χ1n) is 4.88. The van der Waals surface area contributed by atoms with E-state index in [-0.39, 0.29) is 0 Å². The molecule has 0 aromatic rings.